The molecule has 5 heteroatoms. The van der Waals surface area contributed by atoms with Crippen LogP contribution in [0.25, 0.3) is 0 Å². The number of hydrogen-bond acceptors (Lipinski definition) is 2. The van der Waals surface area contributed by atoms with E-state index in [-0.39, 0.29) is 11.9 Å². The van der Waals surface area contributed by atoms with E-state index in [4.69, 9.17) is 0 Å². The van der Waals surface area contributed by atoms with Crippen LogP contribution >= 0.6 is 15.9 Å². The van der Waals surface area contributed by atoms with Gasteiger partial charge in [0.05, 0.1) is 10.7 Å². The van der Waals surface area contributed by atoms with Crippen LogP contribution in [0.2, 0.25) is 0 Å². The summed E-state index contributed by atoms with van der Waals surface area (Å²) in [6.07, 6.45) is 26.2. The standard InChI is InChI=1S/C25H46BrN3O/c1-3-5-6-7-8-9-10-11-12-13-14-15-16-17-18-19-20-27-25(30)24(4-2)29-22-23(26)21-28-29/h21-22,24H,3-20H2,1-2H3,(H,27,30). The molecule has 0 radical (unpaired) electrons. The molecule has 1 amide bonds. The molecule has 4 nitrogen and oxygen atoms in total. The van der Waals surface area contributed by atoms with E-state index in [1.54, 1.807) is 10.9 Å². The molecule has 1 unspecified atom stereocenters. The number of aromatic nitrogens is 2. The zero-order chi connectivity index (χ0) is 21.9. The maximum absolute atomic E-state index is 12.4. The number of carbonyl (C=O) groups is 1. The van der Waals surface area contributed by atoms with E-state index in [9.17, 15) is 4.79 Å². The first-order valence-corrected chi connectivity index (χ1v) is 13.5. The van der Waals surface area contributed by atoms with Gasteiger partial charge in [0.25, 0.3) is 0 Å². The van der Waals surface area contributed by atoms with Crippen LogP contribution in [0.3, 0.4) is 0 Å². The number of rotatable bonds is 20. The molecule has 30 heavy (non-hydrogen) atoms. The fourth-order valence-electron chi connectivity index (χ4n) is 3.98. The van der Waals surface area contributed by atoms with E-state index in [2.05, 4.69) is 33.3 Å². The van der Waals surface area contributed by atoms with Gasteiger partial charge in [0.2, 0.25) is 5.91 Å². The average molecular weight is 485 g/mol. The topological polar surface area (TPSA) is 46.9 Å². The first-order chi connectivity index (χ1) is 14.7. The maximum atomic E-state index is 12.4. The number of carbonyl (C=O) groups excluding carboxylic acids is 1. The molecule has 0 saturated carbocycles. The zero-order valence-electron chi connectivity index (χ0n) is 19.6. The van der Waals surface area contributed by atoms with Crippen LogP contribution in [0.15, 0.2) is 16.9 Å². The molecule has 0 spiro atoms. The minimum Gasteiger partial charge on any atom is -0.354 e. The molecule has 0 fully saturated rings. The van der Waals surface area contributed by atoms with E-state index >= 15 is 0 Å². The van der Waals surface area contributed by atoms with Crippen molar-refractivity contribution in [2.45, 2.75) is 129 Å². The minimum absolute atomic E-state index is 0.0778. The molecule has 1 heterocycles. The molecule has 0 aliphatic heterocycles. The van der Waals surface area contributed by atoms with E-state index in [0.29, 0.717) is 0 Å². The summed E-state index contributed by atoms with van der Waals surface area (Å²) in [4.78, 5) is 12.4. The summed E-state index contributed by atoms with van der Waals surface area (Å²) in [5.41, 5.74) is 0. The second-order valence-electron chi connectivity index (χ2n) is 8.66. The van der Waals surface area contributed by atoms with Crippen molar-refractivity contribution in [3.05, 3.63) is 16.9 Å². The lowest BCUT2D eigenvalue weighted by Crippen LogP contribution is -2.33. The average Bonchev–Trinajstić information content (AvgIpc) is 3.16. The number of hydrogen-bond donors (Lipinski definition) is 1. The third-order valence-corrected chi connectivity index (χ3v) is 6.32. The first-order valence-electron chi connectivity index (χ1n) is 12.7. The highest BCUT2D eigenvalue weighted by Gasteiger charge is 2.18. The van der Waals surface area contributed by atoms with Crippen LogP contribution in [-0.2, 0) is 4.79 Å². The van der Waals surface area contributed by atoms with Gasteiger partial charge in [0.15, 0.2) is 0 Å². The summed E-state index contributed by atoms with van der Waals surface area (Å²) in [5, 5.41) is 7.32. The van der Waals surface area contributed by atoms with Gasteiger partial charge in [0, 0.05) is 12.7 Å². The Labute approximate surface area is 194 Å². The monoisotopic (exact) mass is 483 g/mol. The predicted molar refractivity (Wildman–Crippen MR) is 132 cm³/mol. The van der Waals surface area contributed by atoms with Crippen molar-refractivity contribution >= 4 is 21.8 Å². The lowest BCUT2D eigenvalue weighted by atomic mass is 10.0. The van der Waals surface area contributed by atoms with Crippen molar-refractivity contribution in [2.75, 3.05) is 6.54 Å². The van der Waals surface area contributed by atoms with Gasteiger partial charge in [-0.1, -0.05) is 110 Å². The van der Waals surface area contributed by atoms with Crippen LogP contribution in [0, 0.1) is 0 Å². The van der Waals surface area contributed by atoms with Crippen molar-refractivity contribution in [1.82, 2.24) is 15.1 Å². The summed E-state index contributed by atoms with van der Waals surface area (Å²) in [5.74, 6) is 0.0778. The summed E-state index contributed by atoms with van der Waals surface area (Å²) >= 11 is 3.39. The highest BCUT2D eigenvalue weighted by atomic mass is 79.9. The lowest BCUT2D eigenvalue weighted by molar-refractivity contribution is -0.124. The molecule has 174 valence electrons. The van der Waals surface area contributed by atoms with Gasteiger partial charge in [-0.15, -0.1) is 0 Å². The Balaban J connectivity index is 1.86. The molecule has 1 rings (SSSR count). The van der Waals surface area contributed by atoms with Gasteiger partial charge >= 0.3 is 0 Å². The second kappa shape index (κ2) is 18.9. The quantitative estimate of drug-likeness (QED) is 0.191. The van der Waals surface area contributed by atoms with Gasteiger partial charge in [-0.05, 0) is 28.8 Å². The predicted octanol–water partition coefficient (Wildman–Crippen LogP) is 7.97. The third kappa shape index (κ3) is 13.5. The fraction of sp³-hybridized carbons (Fsp3) is 0.840. The van der Waals surface area contributed by atoms with E-state index in [0.717, 1.165) is 23.9 Å². The van der Waals surface area contributed by atoms with Crippen LogP contribution in [0.4, 0.5) is 0 Å². The molecule has 0 saturated heterocycles. The number of nitrogens with one attached hydrogen (secondary N) is 1. The Bertz CT molecular complexity index is 532. The van der Waals surface area contributed by atoms with Gasteiger partial charge in [-0.25, -0.2) is 0 Å². The summed E-state index contributed by atoms with van der Waals surface area (Å²) in [7, 11) is 0. The van der Waals surface area contributed by atoms with Gasteiger partial charge in [-0.3, -0.25) is 9.48 Å². The molecular formula is C25H46BrN3O. The summed E-state index contributed by atoms with van der Waals surface area (Å²) in [6, 6.07) is -0.211. The van der Waals surface area contributed by atoms with Crippen LogP contribution in [0.5, 0.6) is 0 Å². The molecular weight excluding hydrogens is 438 g/mol. The highest BCUT2D eigenvalue weighted by Crippen LogP contribution is 2.16. The SMILES string of the molecule is CCCCCCCCCCCCCCCCCCNC(=O)C(CC)n1cc(Br)cn1. The van der Waals surface area contributed by atoms with E-state index < -0.39 is 0 Å². The Morgan fingerprint density at radius 3 is 1.73 bits per heavy atom. The smallest absolute Gasteiger partial charge is 0.244 e. The largest absolute Gasteiger partial charge is 0.354 e. The van der Waals surface area contributed by atoms with Crippen LogP contribution in [0.1, 0.15) is 129 Å². The molecule has 1 aromatic rings. The van der Waals surface area contributed by atoms with Crippen LogP contribution < -0.4 is 5.32 Å². The van der Waals surface area contributed by atoms with Gasteiger partial charge in [0.1, 0.15) is 6.04 Å². The number of halogens is 1. The van der Waals surface area contributed by atoms with Crippen molar-refractivity contribution in [1.29, 1.82) is 0 Å². The van der Waals surface area contributed by atoms with Crippen LogP contribution in [-0.4, -0.2) is 22.2 Å². The molecule has 0 aliphatic rings. The molecule has 1 atom stereocenters. The Kier molecular flexibility index (Phi) is 17.1. The number of unbranched alkanes of at least 4 members (excludes halogenated alkanes) is 15. The molecule has 0 aliphatic carbocycles. The second-order valence-corrected chi connectivity index (χ2v) is 9.57. The lowest BCUT2D eigenvalue weighted by Gasteiger charge is -2.15. The normalized spacial score (nSPS) is 12.2. The van der Waals surface area contributed by atoms with Crippen molar-refractivity contribution in [3.63, 3.8) is 0 Å². The van der Waals surface area contributed by atoms with Crippen molar-refractivity contribution in [2.24, 2.45) is 0 Å². The number of nitrogens with zero attached hydrogens (tertiary/aromatic N) is 2. The Hall–Kier alpha value is -0.840. The minimum atomic E-state index is -0.211. The van der Waals surface area contributed by atoms with Gasteiger partial charge < -0.3 is 5.32 Å². The molecule has 1 aromatic heterocycles. The molecule has 1 N–H and O–H groups in total. The van der Waals surface area contributed by atoms with E-state index in [1.165, 1.54) is 96.3 Å². The summed E-state index contributed by atoms with van der Waals surface area (Å²) < 4.78 is 2.65. The highest BCUT2D eigenvalue weighted by molar-refractivity contribution is 9.10. The fourth-order valence-corrected chi connectivity index (χ4v) is 4.28. The van der Waals surface area contributed by atoms with Crippen molar-refractivity contribution in [3.8, 4) is 0 Å². The van der Waals surface area contributed by atoms with E-state index in [1.807, 2.05) is 13.1 Å². The zero-order valence-corrected chi connectivity index (χ0v) is 21.2. The first kappa shape index (κ1) is 27.2. The van der Waals surface area contributed by atoms with Crippen molar-refractivity contribution < 1.29 is 4.79 Å². The maximum Gasteiger partial charge on any atom is 0.244 e. The Morgan fingerprint density at radius 2 is 1.33 bits per heavy atom. The summed E-state index contributed by atoms with van der Waals surface area (Å²) in [6.45, 7) is 5.08. The van der Waals surface area contributed by atoms with Gasteiger partial charge in [-0.2, -0.15) is 5.10 Å². The third-order valence-electron chi connectivity index (χ3n) is 5.91. The molecule has 0 bridgehead atoms. The Morgan fingerprint density at radius 1 is 0.867 bits per heavy atom. The molecule has 0 aromatic carbocycles. The number of amides is 1.